The second-order valence-electron chi connectivity index (χ2n) is 5.58. The minimum Gasteiger partial charge on any atom is -0.503 e. The molecule has 0 saturated heterocycles. The van der Waals surface area contributed by atoms with E-state index in [2.05, 4.69) is 0 Å². The first-order valence-corrected chi connectivity index (χ1v) is 7.27. The third kappa shape index (κ3) is 3.75. The number of hydrogen-bond donors (Lipinski definition) is 2. The van der Waals surface area contributed by atoms with Crippen molar-refractivity contribution < 1.29 is 10.2 Å². The van der Waals surface area contributed by atoms with Crippen molar-refractivity contribution in [1.82, 2.24) is 9.47 Å². The van der Waals surface area contributed by atoms with Gasteiger partial charge in [0.2, 0.25) is 5.43 Å². The number of aromatic nitrogens is 1. The van der Waals surface area contributed by atoms with E-state index >= 15 is 0 Å². The Balaban J connectivity index is 2.38. The average Bonchev–Trinajstić information content (AvgIpc) is 2.51. The van der Waals surface area contributed by atoms with Gasteiger partial charge in [-0.15, -0.1) is 0 Å². The fourth-order valence-electron chi connectivity index (χ4n) is 2.50. The highest BCUT2D eigenvalue weighted by molar-refractivity contribution is 5.30. The predicted octanol–water partition coefficient (Wildman–Crippen LogP) is 1.35. The standard InChI is InChI=1S/C17H22N2O3/c1-18(2)11-15-17(22)16(21)10-14(12-20)19(15)9-8-13-6-4-3-5-7-13/h3-7,10,20,22H,8-9,11-12H2,1-2H3. The Kier molecular flexibility index (Phi) is 5.35. The predicted molar refractivity (Wildman–Crippen MR) is 85.8 cm³/mol. The third-order valence-corrected chi connectivity index (χ3v) is 3.57. The Morgan fingerprint density at radius 2 is 1.86 bits per heavy atom. The lowest BCUT2D eigenvalue weighted by atomic mass is 10.1. The van der Waals surface area contributed by atoms with Crippen LogP contribution in [-0.4, -0.2) is 33.8 Å². The van der Waals surface area contributed by atoms with E-state index in [1.807, 2.05) is 53.9 Å². The van der Waals surface area contributed by atoms with Gasteiger partial charge in [-0.25, -0.2) is 0 Å². The zero-order valence-corrected chi connectivity index (χ0v) is 13.0. The van der Waals surface area contributed by atoms with Crippen LogP contribution >= 0.6 is 0 Å². The number of pyridine rings is 1. The van der Waals surface area contributed by atoms with E-state index in [-0.39, 0.29) is 12.4 Å². The first kappa shape index (κ1) is 16.3. The molecule has 0 spiro atoms. The molecule has 22 heavy (non-hydrogen) atoms. The lowest BCUT2D eigenvalue weighted by Gasteiger charge is -2.21. The molecule has 0 unspecified atom stereocenters. The Morgan fingerprint density at radius 3 is 2.45 bits per heavy atom. The number of aliphatic hydroxyl groups is 1. The molecular weight excluding hydrogens is 280 g/mol. The molecular formula is C17H22N2O3. The summed E-state index contributed by atoms with van der Waals surface area (Å²) in [6, 6.07) is 11.3. The second kappa shape index (κ2) is 7.24. The molecule has 5 nitrogen and oxygen atoms in total. The summed E-state index contributed by atoms with van der Waals surface area (Å²) in [5.74, 6) is -0.237. The SMILES string of the molecule is CN(C)Cc1c(O)c(=O)cc(CO)n1CCc1ccccc1. The van der Waals surface area contributed by atoms with Gasteiger partial charge in [-0.2, -0.15) is 0 Å². The maximum absolute atomic E-state index is 11.8. The van der Waals surface area contributed by atoms with E-state index in [1.54, 1.807) is 0 Å². The van der Waals surface area contributed by atoms with E-state index in [1.165, 1.54) is 11.6 Å². The van der Waals surface area contributed by atoms with E-state index < -0.39 is 5.43 Å². The first-order chi connectivity index (χ1) is 10.5. The Morgan fingerprint density at radius 1 is 1.18 bits per heavy atom. The summed E-state index contributed by atoms with van der Waals surface area (Å²) < 4.78 is 1.84. The molecule has 0 amide bonds. The van der Waals surface area contributed by atoms with Crippen molar-refractivity contribution in [2.75, 3.05) is 14.1 Å². The average molecular weight is 302 g/mol. The highest BCUT2D eigenvalue weighted by Crippen LogP contribution is 2.17. The van der Waals surface area contributed by atoms with Crippen molar-refractivity contribution in [3.63, 3.8) is 0 Å². The van der Waals surface area contributed by atoms with Gasteiger partial charge in [0.15, 0.2) is 5.75 Å². The first-order valence-electron chi connectivity index (χ1n) is 7.27. The van der Waals surface area contributed by atoms with Gasteiger partial charge in [0.05, 0.1) is 12.3 Å². The minimum atomic E-state index is -0.447. The van der Waals surface area contributed by atoms with Gasteiger partial charge in [0, 0.05) is 24.8 Å². The Labute approximate surface area is 130 Å². The van der Waals surface area contributed by atoms with Crippen LogP contribution in [0.3, 0.4) is 0 Å². The van der Waals surface area contributed by atoms with E-state index in [0.29, 0.717) is 24.5 Å². The van der Waals surface area contributed by atoms with Crippen LogP contribution in [0.25, 0.3) is 0 Å². The maximum atomic E-state index is 11.8. The van der Waals surface area contributed by atoms with Crippen molar-refractivity contribution in [1.29, 1.82) is 0 Å². The highest BCUT2D eigenvalue weighted by atomic mass is 16.3. The Hall–Kier alpha value is -2.11. The number of nitrogens with zero attached hydrogens (tertiary/aromatic N) is 2. The van der Waals surface area contributed by atoms with Crippen molar-refractivity contribution >= 4 is 0 Å². The molecule has 0 saturated carbocycles. The molecule has 1 heterocycles. The summed E-state index contributed by atoms with van der Waals surface area (Å²) in [6.45, 7) is 0.797. The van der Waals surface area contributed by atoms with Crippen molar-refractivity contribution in [3.05, 3.63) is 63.6 Å². The van der Waals surface area contributed by atoms with E-state index in [4.69, 9.17) is 0 Å². The van der Waals surface area contributed by atoms with Crippen molar-refractivity contribution in [3.8, 4) is 5.75 Å². The molecule has 0 radical (unpaired) electrons. The van der Waals surface area contributed by atoms with Crippen LogP contribution in [-0.2, 0) is 26.1 Å². The van der Waals surface area contributed by atoms with Crippen LogP contribution in [0.5, 0.6) is 5.75 Å². The van der Waals surface area contributed by atoms with Crippen LogP contribution in [0, 0.1) is 0 Å². The van der Waals surface area contributed by atoms with Gasteiger partial charge in [0.25, 0.3) is 0 Å². The normalized spacial score (nSPS) is 11.1. The monoisotopic (exact) mass is 302 g/mol. The van der Waals surface area contributed by atoms with Crippen LogP contribution in [0.2, 0.25) is 0 Å². The number of aliphatic hydroxyl groups excluding tert-OH is 1. The summed E-state index contributed by atoms with van der Waals surface area (Å²) in [6.07, 6.45) is 0.760. The lowest BCUT2D eigenvalue weighted by molar-refractivity contribution is 0.264. The fraction of sp³-hybridized carbons (Fsp3) is 0.353. The zero-order valence-electron chi connectivity index (χ0n) is 13.0. The lowest BCUT2D eigenvalue weighted by Crippen LogP contribution is -2.23. The molecule has 2 aromatic rings. The van der Waals surface area contributed by atoms with Crippen LogP contribution in [0.4, 0.5) is 0 Å². The number of hydrogen-bond acceptors (Lipinski definition) is 4. The molecule has 1 aromatic carbocycles. The molecule has 118 valence electrons. The molecule has 0 atom stereocenters. The quantitative estimate of drug-likeness (QED) is 0.845. The minimum absolute atomic E-state index is 0.231. The second-order valence-corrected chi connectivity index (χ2v) is 5.58. The topological polar surface area (TPSA) is 65.7 Å². The largest absolute Gasteiger partial charge is 0.503 e. The molecule has 1 aromatic heterocycles. The number of aromatic hydroxyl groups is 1. The molecule has 0 bridgehead atoms. The summed E-state index contributed by atoms with van der Waals surface area (Å²) in [5.41, 5.74) is 1.78. The molecule has 0 aliphatic heterocycles. The van der Waals surface area contributed by atoms with Gasteiger partial charge in [-0.05, 0) is 26.1 Å². The molecule has 2 N–H and O–H groups in total. The number of rotatable bonds is 6. The molecule has 5 heteroatoms. The van der Waals surface area contributed by atoms with E-state index in [9.17, 15) is 15.0 Å². The van der Waals surface area contributed by atoms with Gasteiger partial charge in [-0.1, -0.05) is 30.3 Å². The summed E-state index contributed by atoms with van der Waals surface area (Å²) in [4.78, 5) is 13.7. The number of aryl methyl sites for hydroxylation is 1. The molecule has 2 rings (SSSR count). The Bertz CT molecular complexity index is 678. The van der Waals surface area contributed by atoms with Gasteiger partial charge in [-0.3, -0.25) is 4.79 Å². The number of benzene rings is 1. The third-order valence-electron chi connectivity index (χ3n) is 3.57. The van der Waals surface area contributed by atoms with E-state index in [0.717, 1.165) is 6.42 Å². The van der Waals surface area contributed by atoms with Crippen LogP contribution in [0.1, 0.15) is 17.0 Å². The highest BCUT2D eigenvalue weighted by Gasteiger charge is 2.15. The summed E-state index contributed by atoms with van der Waals surface area (Å²) in [7, 11) is 3.74. The molecule has 0 aliphatic carbocycles. The van der Waals surface area contributed by atoms with Gasteiger partial charge in [0.1, 0.15) is 0 Å². The molecule has 0 aliphatic rings. The maximum Gasteiger partial charge on any atom is 0.223 e. The smallest absolute Gasteiger partial charge is 0.223 e. The van der Waals surface area contributed by atoms with Crippen molar-refractivity contribution in [2.45, 2.75) is 26.1 Å². The van der Waals surface area contributed by atoms with Gasteiger partial charge >= 0.3 is 0 Å². The zero-order chi connectivity index (χ0) is 16.1. The fourth-order valence-corrected chi connectivity index (χ4v) is 2.50. The van der Waals surface area contributed by atoms with Crippen LogP contribution < -0.4 is 5.43 Å². The summed E-state index contributed by atoms with van der Waals surface area (Å²) in [5, 5.41) is 19.6. The van der Waals surface area contributed by atoms with Crippen molar-refractivity contribution in [2.24, 2.45) is 0 Å². The summed E-state index contributed by atoms with van der Waals surface area (Å²) >= 11 is 0. The molecule has 0 fully saturated rings. The van der Waals surface area contributed by atoms with Crippen LogP contribution in [0.15, 0.2) is 41.2 Å². The van der Waals surface area contributed by atoms with Gasteiger partial charge < -0.3 is 19.7 Å².